The lowest BCUT2D eigenvalue weighted by Gasteiger charge is -2.38. The van der Waals surface area contributed by atoms with E-state index in [4.69, 9.17) is 28.0 Å². The zero-order valence-corrected chi connectivity index (χ0v) is 20.3. The van der Waals surface area contributed by atoms with Crippen molar-refractivity contribution in [3.05, 3.63) is 33.8 Å². The second-order valence-corrected chi connectivity index (χ2v) is 10.3. The average molecular weight is 474 g/mol. The van der Waals surface area contributed by atoms with Crippen molar-refractivity contribution in [1.82, 2.24) is 15.7 Å². The highest BCUT2D eigenvalue weighted by atomic mass is 35.5. The molecule has 1 fully saturated rings. The van der Waals surface area contributed by atoms with Crippen molar-refractivity contribution in [3.8, 4) is 0 Å². The van der Waals surface area contributed by atoms with Crippen LogP contribution in [0.1, 0.15) is 53.0 Å². The predicted octanol–water partition coefficient (Wildman–Crippen LogP) is 3.31. The quantitative estimate of drug-likeness (QED) is 0.528. The summed E-state index contributed by atoms with van der Waals surface area (Å²) < 4.78 is 0. The van der Waals surface area contributed by atoms with E-state index in [1.165, 1.54) is 0 Å². The lowest BCUT2D eigenvalue weighted by atomic mass is 9.93. The minimum absolute atomic E-state index is 0.137. The van der Waals surface area contributed by atoms with E-state index in [1.807, 2.05) is 20.8 Å². The Labute approximate surface area is 194 Å². The van der Waals surface area contributed by atoms with E-state index in [2.05, 4.69) is 10.8 Å². The number of carbonyl (C=O) groups is 2. The van der Waals surface area contributed by atoms with Crippen molar-refractivity contribution >= 4 is 35.0 Å². The number of nitrogens with zero attached hydrogens (tertiary/aromatic N) is 1. The Morgan fingerprint density at radius 3 is 2.52 bits per heavy atom. The van der Waals surface area contributed by atoms with Crippen LogP contribution in [0.25, 0.3) is 0 Å². The van der Waals surface area contributed by atoms with Gasteiger partial charge in [-0.05, 0) is 65.2 Å². The van der Waals surface area contributed by atoms with Crippen molar-refractivity contribution in [2.75, 3.05) is 13.1 Å². The van der Waals surface area contributed by atoms with Crippen LogP contribution in [-0.2, 0) is 21.0 Å². The molecule has 2 atom stereocenters. The molecule has 1 aliphatic heterocycles. The van der Waals surface area contributed by atoms with Gasteiger partial charge in [-0.15, -0.1) is 0 Å². The van der Waals surface area contributed by atoms with Gasteiger partial charge in [0.15, 0.2) is 0 Å². The van der Waals surface area contributed by atoms with Crippen LogP contribution >= 0.6 is 23.2 Å². The van der Waals surface area contributed by atoms with Gasteiger partial charge in [-0.2, -0.15) is 5.48 Å². The molecule has 9 heteroatoms. The number of carbonyl (C=O) groups excluding carboxylic acids is 2. The zero-order chi connectivity index (χ0) is 23.4. The van der Waals surface area contributed by atoms with Crippen LogP contribution in [0, 0.1) is 5.92 Å². The number of hydroxylamine groups is 1. The molecule has 2 amide bonds. The number of halogens is 2. The second kappa shape index (κ2) is 10.5. The van der Waals surface area contributed by atoms with Gasteiger partial charge in [0, 0.05) is 29.7 Å². The van der Waals surface area contributed by atoms with Gasteiger partial charge in [-0.25, -0.2) is 0 Å². The molecule has 1 aromatic rings. The van der Waals surface area contributed by atoms with E-state index in [9.17, 15) is 14.7 Å². The molecular weight excluding hydrogens is 441 g/mol. The molecule has 0 aromatic heterocycles. The predicted molar refractivity (Wildman–Crippen MR) is 122 cm³/mol. The van der Waals surface area contributed by atoms with Gasteiger partial charge in [-0.1, -0.05) is 29.3 Å². The molecule has 1 aliphatic rings. The SMILES string of the molecule is CC(C)(C)ON[C@@H](C(=O)N1CCC[C@@H](C(=O)NCc2ccc(Cl)cc2Cl)C1)C(C)(C)O. The summed E-state index contributed by atoms with van der Waals surface area (Å²) >= 11 is 12.1. The smallest absolute Gasteiger partial charge is 0.245 e. The Morgan fingerprint density at radius 1 is 1.26 bits per heavy atom. The first-order valence-electron chi connectivity index (χ1n) is 10.4. The maximum absolute atomic E-state index is 13.1. The fourth-order valence-electron chi connectivity index (χ4n) is 3.30. The molecule has 174 valence electrons. The van der Waals surface area contributed by atoms with E-state index in [0.717, 1.165) is 5.56 Å². The minimum atomic E-state index is -1.34. The summed E-state index contributed by atoms with van der Waals surface area (Å²) in [6, 6.07) is 4.17. The molecular formula is C22H33Cl2N3O4. The van der Waals surface area contributed by atoms with Crippen molar-refractivity contribution in [3.63, 3.8) is 0 Å². The van der Waals surface area contributed by atoms with Crippen molar-refractivity contribution in [2.45, 2.75) is 71.2 Å². The second-order valence-electron chi connectivity index (χ2n) is 9.50. The zero-order valence-electron chi connectivity index (χ0n) is 18.8. The Hall–Kier alpha value is -1.38. The maximum atomic E-state index is 13.1. The molecule has 1 heterocycles. The molecule has 0 aliphatic carbocycles. The molecule has 31 heavy (non-hydrogen) atoms. The van der Waals surface area contributed by atoms with Crippen LogP contribution in [0.15, 0.2) is 18.2 Å². The third kappa shape index (κ3) is 7.91. The monoisotopic (exact) mass is 473 g/mol. The number of rotatable bonds is 7. The highest BCUT2D eigenvalue weighted by molar-refractivity contribution is 6.35. The third-order valence-electron chi connectivity index (χ3n) is 5.01. The summed E-state index contributed by atoms with van der Waals surface area (Å²) in [5.41, 5.74) is 1.63. The number of piperidine rings is 1. The molecule has 0 spiro atoms. The Kier molecular flexibility index (Phi) is 8.76. The molecule has 3 N–H and O–H groups in total. The van der Waals surface area contributed by atoms with Crippen molar-refractivity contribution < 1.29 is 19.5 Å². The largest absolute Gasteiger partial charge is 0.388 e. The van der Waals surface area contributed by atoms with E-state index < -0.39 is 17.2 Å². The normalized spacial score (nSPS) is 18.6. The fraction of sp³-hybridized carbons (Fsp3) is 0.636. The van der Waals surface area contributed by atoms with Gasteiger partial charge in [-0.3, -0.25) is 14.4 Å². The van der Waals surface area contributed by atoms with Gasteiger partial charge >= 0.3 is 0 Å². The number of amides is 2. The molecule has 0 radical (unpaired) electrons. The Balaban J connectivity index is 2.00. The molecule has 0 unspecified atom stereocenters. The summed E-state index contributed by atoms with van der Waals surface area (Å²) in [5, 5.41) is 14.4. The van der Waals surface area contributed by atoms with E-state index in [1.54, 1.807) is 36.9 Å². The number of hydrogen-bond donors (Lipinski definition) is 3. The first-order chi connectivity index (χ1) is 14.3. The number of nitrogens with one attached hydrogen (secondary N) is 2. The third-order valence-corrected chi connectivity index (χ3v) is 5.60. The fourth-order valence-corrected chi connectivity index (χ4v) is 3.77. The highest BCUT2D eigenvalue weighted by Gasteiger charge is 2.39. The molecule has 7 nitrogen and oxygen atoms in total. The summed E-state index contributed by atoms with van der Waals surface area (Å²) in [5.74, 6) is -0.771. The van der Waals surface area contributed by atoms with Gasteiger partial charge in [0.05, 0.1) is 17.1 Å². The highest BCUT2D eigenvalue weighted by Crippen LogP contribution is 2.23. The Bertz CT molecular complexity index is 790. The molecule has 2 rings (SSSR count). The standard InChI is InChI=1S/C22H33Cl2N3O4/c1-21(2,3)31-26-18(22(4,5)30)20(29)27-10-6-7-15(13-27)19(28)25-12-14-8-9-16(23)11-17(14)24/h8-9,11,15,18,26,30H,6-7,10,12-13H2,1-5H3,(H,25,28)/t15-,18+/m1/s1. The van der Waals surface area contributed by atoms with Gasteiger partial charge in [0.1, 0.15) is 6.04 Å². The Morgan fingerprint density at radius 2 is 1.94 bits per heavy atom. The number of benzene rings is 1. The maximum Gasteiger partial charge on any atom is 0.245 e. The van der Waals surface area contributed by atoms with Crippen molar-refractivity contribution in [1.29, 1.82) is 0 Å². The number of likely N-dealkylation sites (tertiary alicyclic amines) is 1. The van der Waals surface area contributed by atoms with Gasteiger partial charge in [0.2, 0.25) is 11.8 Å². The van der Waals surface area contributed by atoms with E-state index in [-0.39, 0.29) is 30.8 Å². The van der Waals surface area contributed by atoms with Crippen LogP contribution in [0.4, 0.5) is 0 Å². The van der Waals surface area contributed by atoms with Crippen LogP contribution in [0.2, 0.25) is 10.0 Å². The van der Waals surface area contributed by atoms with E-state index in [0.29, 0.717) is 29.4 Å². The van der Waals surface area contributed by atoms with Crippen LogP contribution < -0.4 is 10.8 Å². The summed E-state index contributed by atoms with van der Waals surface area (Å²) in [6.45, 7) is 9.74. The lowest BCUT2D eigenvalue weighted by Crippen LogP contribution is -2.60. The van der Waals surface area contributed by atoms with Crippen LogP contribution in [0.3, 0.4) is 0 Å². The van der Waals surface area contributed by atoms with Gasteiger partial charge < -0.3 is 15.3 Å². The first-order valence-corrected chi connectivity index (χ1v) is 11.2. The molecule has 1 saturated heterocycles. The molecule has 1 aromatic carbocycles. The number of aliphatic hydroxyl groups is 1. The summed E-state index contributed by atoms with van der Waals surface area (Å²) in [7, 11) is 0. The number of hydrogen-bond acceptors (Lipinski definition) is 5. The topological polar surface area (TPSA) is 90.9 Å². The van der Waals surface area contributed by atoms with Crippen LogP contribution in [0.5, 0.6) is 0 Å². The minimum Gasteiger partial charge on any atom is -0.388 e. The van der Waals surface area contributed by atoms with Crippen molar-refractivity contribution in [2.24, 2.45) is 5.92 Å². The average Bonchev–Trinajstić information content (AvgIpc) is 2.65. The van der Waals surface area contributed by atoms with Gasteiger partial charge in [0.25, 0.3) is 0 Å². The molecule has 0 bridgehead atoms. The van der Waals surface area contributed by atoms with E-state index >= 15 is 0 Å². The first kappa shape index (κ1) is 25.9. The molecule has 0 saturated carbocycles. The van der Waals surface area contributed by atoms with Crippen LogP contribution in [-0.4, -0.2) is 52.2 Å². The summed E-state index contributed by atoms with van der Waals surface area (Å²) in [4.78, 5) is 33.0. The summed E-state index contributed by atoms with van der Waals surface area (Å²) in [6.07, 6.45) is 1.38. The lowest BCUT2D eigenvalue weighted by molar-refractivity contribution is -0.160.